The zero-order valence-corrected chi connectivity index (χ0v) is 18.0. The van der Waals surface area contributed by atoms with Gasteiger partial charge in [-0.05, 0) is 43.4 Å². The Hall–Kier alpha value is -2.66. The third-order valence-electron chi connectivity index (χ3n) is 5.42. The maximum absolute atomic E-state index is 12.7. The van der Waals surface area contributed by atoms with Crippen molar-refractivity contribution in [2.45, 2.75) is 52.4 Å². The molecule has 0 spiro atoms. The van der Waals surface area contributed by atoms with Gasteiger partial charge in [0.05, 0.1) is 25.0 Å². The monoisotopic (exact) mass is 408 g/mol. The van der Waals surface area contributed by atoms with E-state index in [1.54, 1.807) is 0 Å². The highest BCUT2D eigenvalue weighted by atomic mass is 16.5. The summed E-state index contributed by atoms with van der Waals surface area (Å²) < 4.78 is 5.61. The number of hydrogen-bond donors (Lipinski definition) is 1. The number of benzene rings is 2. The molecule has 1 aliphatic heterocycles. The van der Waals surface area contributed by atoms with Crippen LogP contribution < -0.4 is 5.32 Å². The second kappa shape index (κ2) is 10.9. The first-order chi connectivity index (χ1) is 14.5. The number of hydrogen-bond acceptors (Lipinski definition) is 3. The Balaban J connectivity index is 1.46. The van der Waals surface area contributed by atoms with E-state index >= 15 is 0 Å². The zero-order valence-electron chi connectivity index (χ0n) is 18.0. The number of carbonyl (C=O) groups excluding carboxylic acids is 2. The molecule has 1 fully saturated rings. The van der Waals surface area contributed by atoms with Gasteiger partial charge in [0, 0.05) is 19.6 Å². The van der Waals surface area contributed by atoms with Crippen molar-refractivity contribution in [1.82, 2.24) is 10.2 Å². The van der Waals surface area contributed by atoms with E-state index in [-0.39, 0.29) is 23.8 Å². The molecule has 1 atom stereocenters. The van der Waals surface area contributed by atoms with Crippen LogP contribution in [-0.2, 0) is 33.9 Å². The molecular formula is C25H32N2O3. The van der Waals surface area contributed by atoms with Gasteiger partial charge in [-0.1, -0.05) is 54.6 Å². The van der Waals surface area contributed by atoms with Crippen LogP contribution in [0, 0.1) is 5.92 Å². The molecule has 5 nitrogen and oxygen atoms in total. The Bertz CT molecular complexity index is 818. The minimum atomic E-state index is -0.141. The second-order valence-corrected chi connectivity index (χ2v) is 8.24. The molecule has 0 saturated carbocycles. The highest BCUT2D eigenvalue weighted by Gasteiger charge is 2.28. The first kappa shape index (κ1) is 22.0. The maximum Gasteiger partial charge on any atom is 0.227 e. The van der Waals surface area contributed by atoms with Crippen molar-refractivity contribution < 1.29 is 14.3 Å². The third-order valence-corrected chi connectivity index (χ3v) is 5.42. The summed E-state index contributed by atoms with van der Waals surface area (Å²) in [6.07, 6.45) is 2.29. The number of likely N-dealkylation sites (tertiary alicyclic amines) is 1. The SMILES string of the molecule is CC(C)OCc1ccc(CNC(=O)C2CCCN(C(=O)Cc3ccccc3)C2)cc1. The molecule has 0 aliphatic carbocycles. The lowest BCUT2D eigenvalue weighted by Crippen LogP contribution is -2.45. The van der Waals surface area contributed by atoms with Crippen LogP contribution in [0.15, 0.2) is 54.6 Å². The molecule has 1 N–H and O–H groups in total. The summed E-state index contributed by atoms with van der Waals surface area (Å²) in [5, 5.41) is 3.04. The number of rotatable bonds is 8. The summed E-state index contributed by atoms with van der Waals surface area (Å²) in [6.45, 7) is 6.37. The van der Waals surface area contributed by atoms with Gasteiger partial charge >= 0.3 is 0 Å². The molecule has 1 saturated heterocycles. The molecule has 0 bridgehead atoms. The molecule has 2 aromatic rings. The van der Waals surface area contributed by atoms with Crippen LogP contribution in [0.3, 0.4) is 0 Å². The highest BCUT2D eigenvalue weighted by Crippen LogP contribution is 2.18. The first-order valence-corrected chi connectivity index (χ1v) is 10.8. The predicted molar refractivity (Wildman–Crippen MR) is 118 cm³/mol. The van der Waals surface area contributed by atoms with Crippen LogP contribution in [-0.4, -0.2) is 35.9 Å². The summed E-state index contributed by atoms with van der Waals surface area (Å²) in [6, 6.07) is 17.9. The number of amides is 2. The van der Waals surface area contributed by atoms with E-state index in [1.807, 2.05) is 73.3 Å². The fourth-order valence-electron chi connectivity index (χ4n) is 3.65. The second-order valence-electron chi connectivity index (χ2n) is 8.24. The molecule has 2 amide bonds. The van der Waals surface area contributed by atoms with Gasteiger partial charge in [-0.15, -0.1) is 0 Å². The van der Waals surface area contributed by atoms with Crippen LogP contribution >= 0.6 is 0 Å². The molecular weight excluding hydrogens is 376 g/mol. The highest BCUT2D eigenvalue weighted by molar-refractivity contribution is 5.82. The van der Waals surface area contributed by atoms with Gasteiger partial charge in [0.15, 0.2) is 0 Å². The number of piperidine rings is 1. The van der Waals surface area contributed by atoms with E-state index in [9.17, 15) is 9.59 Å². The lowest BCUT2D eigenvalue weighted by molar-refractivity contribution is -0.135. The fourth-order valence-corrected chi connectivity index (χ4v) is 3.65. The van der Waals surface area contributed by atoms with Gasteiger partial charge in [0.2, 0.25) is 11.8 Å². The van der Waals surface area contributed by atoms with Gasteiger partial charge in [-0.2, -0.15) is 0 Å². The summed E-state index contributed by atoms with van der Waals surface area (Å²) in [7, 11) is 0. The van der Waals surface area contributed by atoms with Crippen LogP contribution in [0.25, 0.3) is 0 Å². The molecule has 1 unspecified atom stereocenters. The van der Waals surface area contributed by atoms with E-state index < -0.39 is 0 Å². The van der Waals surface area contributed by atoms with E-state index in [0.29, 0.717) is 26.1 Å². The maximum atomic E-state index is 12.7. The van der Waals surface area contributed by atoms with Crippen molar-refractivity contribution in [2.75, 3.05) is 13.1 Å². The standard InChI is InChI=1S/C25H32N2O3/c1-19(2)30-18-22-12-10-21(11-13-22)16-26-25(29)23-9-6-14-27(17-23)24(28)15-20-7-4-3-5-8-20/h3-5,7-8,10-13,19,23H,6,9,14-18H2,1-2H3,(H,26,29). The van der Waals surface area contributed by atoms with Crippen molar-refractivity contribution in [3.05, 3.63) is 71.3 Å². The summed E-state index contributed by atoms with van der Waals surface area (Å²) in [5.41, 5.74) is 3.19. The minimum Gasteiger partial charge on any atom is -0.374 e. The molecule has 30 heavy (non-hydrogen) atoms. The van der Waals surface area contributed by atoms with Gasteiger partial charge in [0.25, 0.3) is 0 Å². The van der Waals surface area contributed by atoms with E-state index in [0.717, 1.165) is 36.1 Å². The Morgan fingerprint density at radius 1 is 1.03 bits per heavy atom. The quantitative estimate of drug-likeness (QED) is 0.724. The van der Waals surface area contributed by atoms with E-state index in [4.69, 9.17) is 4.74 Å². The zero-order chi connectivity index (χ0) is 21.3. The summed E-state index contributed by atoms with van der Waals surface area (Å²) in [4.78, 5) is 27.1. The number of nitrogens with zero attached hydrogens (tertiary/aromatic N) is 1. The molecule has 0 radical (unpaired) electrons. The van der Waals surface area contributed by atoms with Crippen LogP contribution in [0.4, 0.5) is 0 Å². The summed E-state index contributed by atoms with van der Waals surface area (Å²) in [5.74, 6) is -0.0190. The first-order valence-electron chi connectivity index (χ1n) is 10.8. The van der Waals surface area contributed by atoms with Crippen LogP contribution in [0.2, 0.25) is 0 Å². The van der Waals surface area contributed by atoms with Crippen LogP contribution in [0.1, 0.15) is 43.4 Å². The average Bonchev–Trinajstić information content (AvgIpc) is 2.77. The molecule has 5 heteroatoms. The molecule has 2 aromatic carbocycles. The van der Waals surface area contributed by atoms with Gasteiger partial charge < -0.3 is 15.0 Å². The lowest BCUT2D eigenvalue weighted by Gasteiger charge is -2.32. The fraction of sp³-hybridized carbons (Fsp3) is 0.440. The van der Waals surface area contributed by atoms with Gasteiger partial charge in [0.1, 0.15) is 0 Å². The molecule has 3 rings (SSSR count). The molecule has 1 aliphatic rings. The van der Waals surface area contributed by atoms with Crippen molar-refractivity contribution in [1.29, 1.82) is 0 Å². The van der Waals surface area contributed by atoms with Crippen molar-refractivity contribution in [3.63, 3.8) is 0 Å². The Morgan fingerprint density at radius 2 is 1.73 bits per heavy atom. The number of ether oxygens (including phenoxy) is 1. The average molecular weight is 409 g/mol. The van der Waals surface area contributed by atoms with E-state index in [2.05, 4.69) is 5.32 Å². The topological polar surface area (TPSA) is 58.6 Å². The third kappa shape index (κ3) is 6.70. The van der Waals surface area contributed by atoms with Crippen LogP contribution in [0.5, 0.6) is 0 Å². The Kier molecular flexibility index (Phi) is 8.03. The number of carbonyl (C=O) groups is 2. The minimum absolute atomic E-state index is 0.0272. The largest absolute Gasteiger partial charge is 0.374 e. The molecule has 1 heterocycles. The molecule has 160 valence electrons. The van der Waals surface area contributed by atoms with Gasteiger partial charge in [-0.3, -0.25) is 9.59 Å². The lowest BCUT2D eigenvalue weighted by atomic mass is 9.96. The van der Waals surface area contributed by atoms with Crippen molar-refractivity contribution in [2.24, 2.45) is 5.92 Å². The Labute approximate surface area is 179 Å². The normalized spacial score (nSPS) is 16.5. The van der Waals surface area contributed by atoms with E-state index in [1.165, 1.54) is 0 Å². The van der Waals surface area contributed by atoms with Gasteiger partial charge in [-0.25, -0.2) is 0 Å². The smallest absolute Gasteiger partial charge is 0.227 e. The van der Waals surface area contributed by atoms with Crippen molar-refractivity contribution in [3.8, 4) is 0 Å². The van der Waals surface area contributed by atoms with Crippen molar-refractivity contribution >= 4 is 11.8 Å². The molecule has 0 aromatic heterocycles. The summed E-state index contributed by atoms with van der Waals surface area (Å²) >= 11 is 0. The number of nitrogens with one attached hydrogen (secondary N) is 1. The predicted octanol–water partition coefficient (Wildman–Crippen LogP) is 3.71. The Morgan fingerprint density at radius 3 is 2.43 bits per heavy atom.